The molecular formula is C7H13ClN4S. The minimum atomic E-state index is -0.0111. The Hall–Kier alpha value is -0.680. The van der Waals surface area contributed by atoms with Crippen LogP contribution in [-0.2, 0) is 5.41 Å². The van der Waals surface area contributed by atoms with Crippen LogP contribution in [0.5, 0.6) is 0 Å². The summed E-state index contributed by atoms with van der Waals surface area (Å²) in [6.07, 6.45) is 0. The van der Waals surface area contributed by atoms with Gasteiger partial charge in [0.15, 0.2) is 10.8 Å². The van der Waals surface area contributed by atoms with Gasteiger partial charge in [0.25, 0.3) is 0 Å². The molecule has 1 heterocycles. The van der Waals surface area contributed by atoms with Crippen LogP contribution < -0.4 is 5.73 Å². The van der Waals surface area contributed by atoms with Crippen LogP contribution in [0.15, 0.2) is 0 Å². The van der Waals surface area contributed by atoms with Crippen molar-refractivity contribution < 1.29 is 0 Å². The molecule has 4 nitrogen and oxygen atoms in total. The van der Waals surface area contributed by atoms with Gasteiger partial charge in [-0.25, -0.2) is 0 Å². The van der Waals surface area contributed by atoms with Gasteiger partial charge in [-0.05, 0) is 0 Å². The molecule has 0 bridgehead atoms. The summed E-state index contributed by atoms with van der Waals surface area (Å²) in [7, 11) is 0. The Morgan fingerprint density at radius 1 is 1.38 bits per heavy atom. The monoisotopic (exact) mass is 220 g/mol. The molecule has 0 unspecified atom stereocenters. The fraction of sp³-hybridized carbons (Fsp3) is 0.571. The molecule has 13 heavy (non-hydrogen) atoms. The zero-order valence-corrected chi connectivity index (χ0v) is 9.42. The van der Waals surface area contributed by atoms with Crippen LogP contribution in [0, 0.1) is 5.41 Å². The summed E-state index contributed by atoms with van der Waals surface area (Å²) < 4.78 is 0. The lowest BCUT2D eigenvalue weighted by atomic mass is 9.98. The van der Waals surface area contributed by atoms with Crippen LogP contribution in [0.3, 0.4) is 0 Å². The second kappa shape index (κ2) is 4.02. The van der Waals surface area contributed by atoms with Gasteiger partial charge in [0.2, 0.25) is 0 Å². The molecule has 0 spiro atoms. The quantitative estimate of drug-likeness (QED) is 0.557. The number of hydrogen-bond acceptors (Lipinski definition) is 4. The first-order chi connectivity index (χ1) is 5.41. The SMILES string of the molecule is CC(C)(C)c1nnc(C(=N)N)s1.Cl. The Kier molecular flexibility index (Phi) is 3.81. The first kappa shape index (κ1) is 12.3. The number of nitrogen functional groups attached to an aromatic ring is 1. The molecule has 6 heteroatoms. The second-order valence-corrected chi connectivity index (χ2v) is 4.55. The third-order valence-electron chi connectivity index (χ3n) is 1.30. The van der Waals surface area contributed by atoms with E-state index in [9.17, 15) is 0 Å². The maximum absolute atomic E-state index is 7.14. The minimum Gasteiger partial charge on any atom is -0.382 e. The maximum Gasteiger partial charge on any atom is 0.182 e. The van der Waals surface area contributed by atoms with E-state index in [1.807, 2.05) is 0 Å². The molecule has 1 rings (SSSR count). The highest BCUT2D eigenvalue weighted by Crippen LogP contribution is 2.24. The number of nitrogens with zero attached hydrogens (tertiary/aromatic N) is 2. The predicted molar refractivity (Wildman–Crippen MR) is 56.9 cm³/mol. The minimum absolute atomic E-state index is 0. The van der Waals surface area contributed by atoms with Gasteiger partial charge in [0.1, 0.15) is 5.01 Å². The fourth-order valence-electron chi connectivity index (χ4n) is 0.635. The van der Waals surface area contributed by atoms with Gasteiger partial charge in [0, 0.05) is 5.41 Å². The molecule has 1 aromatic rings. The number of amidine groups is 1. The summed E-state index contributed by atoms with van der Waals surface area (Å²) in [6, 6.07) is 0. The van der Waals surface area contributed by atoms with Gasteiger partial charge in [-0.1, -0.05) is 32.1 Å². The van der Waals surface area contributed by atoms with Crippen molar-refractivity contribution in [2.24, 2.45) is 5.73 Å². The summed E-state index contributed by atoms with van der Waals surface area (Å²) >= 11 is 1.38. The molecule has 3 N–H and O–H groups in total. The molecule has 0 aromatic carbocycles. The Morgan fingerprint density at radius 2 is 1.92 bits per heavy atom. The Balaban J connectivity index is 0.00000144. The smallest absolute Gasteiger partial charge is 0.182 e. The van der Waals surface area contributed by atoms with E-state index in [1.54, 1.807) is 0 Å². The van der Waals surface area contributed by atoms with Crippen molar-refractivity contribution in [3.8, 4) is 0 Å². The van der Waals surface area contributed by atoms with Gasteiger partial charge >= 0.3 is 0 Å². The molecule has 0 fully saturated rings. The number of nitrogens with two attached hydrogens (primary N) is 1. The van der Waals surface area contributed by atoms with Crippen LogP contribution in [0.2, 0.25) is 0 Å². The van der Waals surface area contributed by atoms with Crippen LogP contribution in [0.4, 0.5) is 0 Å². The molecule has 74 valence electrons. The Bertz CT molecular complexity index is 302. The van der Waals surface area contributed by atoms with Gasteiger partial charge in [-0.2, -0.15) is 0 Å². The first-order valence-corrected chi connectivity index (χ1v) is 4.41. The van der Waals surface area contributed by atoms with Crippen molar-refractivity contribution in [3.63, 3.8) is 0 Å². The average molecular weight is 221 g/mol. The topological polar surface area (TPSA) is 75.7 Å². The number of aromatic nitrogens is 2. The van der Waals surface area contributed by atoms with Crippen molar-refractivity contribution in [3.05, 3.63) is 10.0 Å². The largest absolute Gasteiger partial charge is 0.382 e. The molecule has 0 saturated carbocycles. The lowest BCUT2D eigenvalue weighted by Crippen LogP contribution is -2.10. The summed E-state index contributed by atoms with van der Waals surface area (Å²) in [5.41, 5.74) is 5.25. The summed E-state index contributed by atoms with van der Waals surface area (Å²) in [5.74, 6) is -0.0111. The number of nitrogens with one attached hydrogen (secondary N) is 1. The Morgan fingerprint density at radius 3 is 2.15 bits per heavy atom. The van der Waals surface area contributed by atoms with Gasteiger partial charge in [-0.3, -0.25) is 5.41 Å². The van der Waals surface area contributed by atoms with E-state index in [0.717, 1.165) is 5.01 Å². The summed E-state index contributed by atoms with van der Waals surface area (Å²) in [4.78, 5) is 0. The van der Waals surface area contributed by atoms with Crippen molar-refractivity contribution in [2.45, 2.75) is 26.2 Å². The van der Waals surface area contributed by atoms with Gasteiger partial charge in [0.05, 0.1) is 0 Å². The van der Waals surface area contributed by atoms with E-state index in [1.165, 1.54) is 11.3 Å². The number of hydrogen-bond donors (Lipinski definition) is 2. The average Bonchev–Trinajstić information content (AvgIpc) is 2.30. The van der Waals surface area contributed by atoms with Crippen molar-refractivity contribution in [1.82, 2.24) is 10.2 Å². The van der Waals surface area contributed by atoms with Crippen LogP contribution >= 0.6 is 23.7 Å². The number of halogens is 1. The van der Waals surface area contributed by atoms with E-state index in [4.69, 9.17) is 11.1 Å². The van der Waals surface area contributed by atoms with Gasteiger partial charge < -0.3 is 5.73 Å². The zero-order chi connectivity index (χ0) is 9.35. The molecule has 0 aliphatic rings. The van der Waals surface area contributed by atoms with E-state index in [2.05, 4.69) is 31.0 Å². The summed E-state index contributed by atoms with van der Waals surface area (Å²) in [6.45, 7) is 6.16. The van der Waals surface area contributed by atoms with E-state index in [-0.39, 0.29) is 23.7 Å². The molecule has 0 atom stereocenters. The molecular weight excluding hydrogens is 208 g/mol. The highest BCUT2D eigenvalue weighted by molar-refractivity contribution is 7.13. The van der Waals surface area contributed by atoms with Crippen LogP contribution in [0.1, 0.15) is 30.8 Å². The third-order valence-corrected chi connectivity index (χ3v) is 2.68. The first-order valence-electron chi connectivity index (χ1n) is 3.59. The third kappa shape index (κ3) is 2.93. The second-order valence-electron chi connectivity index (χ2n) is 3.58. The maximum atomic E-state index is 7.14. The van der Waals surface area contributed by atoms with Crippen LogP contribution in [0.25, 0.3) is 0 Å². The van der Waals surface area contributed by atoms with E-state index >= 15 is 0 Å². The molecule has 0 saturated heterocycles. The molecule has 0 amide bonds. The lowest BCUT2D eigenvalue weighted by Gasteiger charge is -2.12. The molecule has 0 radical (unpaired) electrons. The molecule has 0 aliphatic carbocycles. The predicted octanol–water partition coefficient (Wildman–Crippen LogP) is 1.54. The van der Waals surface area contributed by atoms with Crippen molar-refractivity contribution >= 4 is 29.6 Å². The Labute approximate surface area is 87.5 Å². The van der Waals surface area contributed by atoms with Crippen molar-refractivity contribution in [1.29, 1.82) is 5.41 Å². The standard InChI is InChI=1S/C7H12N4S.ClH/c1-7(2,3)6-11-10-5(12-6)4(8)9;/h1-3H3,(H3,8,9);1H. The highest BCUT2D eigenvalue weighted by atomic mass is 35.5. The highest BCUT2D eigenvalue weighted by Gasteiger charge is 2.19. The molecule has 0 aliphatic heterocycles. The normalized spacial score (nSPS) is 10.7. The van der Waals surface area contributed by atoms with E-state index < -0.39 is 0 Å². The lowest BCUT2D eigenvalue weighted by molar-refractivity contribution is 0.578. The zero-order valence-electron chi connectivity index (χ0n) is 7.79. The molecule has 1 aromatic heterocycles. The number of rotatable bonds is 1. The fourth-order valence-corrected chi connectivity index (χ4v) is 1.40. The summed E-state index contributed by atoms with van der Waals surface area (Å²) in [5, 5.41) is 16.3. The van der Waals surface area contributed by atoms with E-state index in [0.29, 0.717) is 5.01 Å². The van der Waals surface area contributed by atoms with Crippen molar-refractivity contribution in [2.75, 3.05) is 0 Å². The van der Waals surface area contributed by atoms with Crippen LogP contribution in [-0.4, -0.2) is 16.0 Å². The van der Waals surface area contributed by atoms with Gasteiger partial charge in [-0.15, -0.1) is 22.6 Å².